The number of anilines is 1. The Morgan fingerprint density at radius 2 is 2.10 bits per heavy atom. The molecule has 21 heavy (non-hydrogen) atoms. The second-order valence-electron chi connectivity index (χ2n) is 4.75. The van der Waals surface area contributed by atoms with Crippen LogP contribution in [0.25, 0.3) is 0 Å². The van der Waals surface area contributed by atoms with Crippen LogP contribution in [-0.2, 0) is 4.79 Å². The highest BCUT2D eigenvalue weighted by atomic mass is 32.2. The summed E-state index contributed by atoms with van der Waals surface area (Å²) in [5.74, 6) is -0.0586. The van der Waals surface area contributed by atoms with E-state index < -0.39 is 0 Å². The van der Waals surface area contributed by atoms with Crippen LogP contribution in [0.5, 0.6) is 0 Å². The van der Waals surface area contributed by atoms with E-state index in [2.05, 4.69) is 20.6 Å². The number of aryl methyl sites for hydroxylation is 1. The molecule has 3 N–H and O–H groups in total. The van der Waals surface area contributed by atoms with Crippen molar-refractivity contribution in [1.82, 2.24) is 15.3 Å². The zero-order valence-corrected chi connectivity index (χ0v) is 12.4. The van der Waals surface area contributed by atoms with E-state index in [0.717, 1.165) is 16.1 Å². The maximum Gasteiger partial charge on any atom is 0.251 e. The number of likely N-dealkylation sites (N-methyl/N-ethyl adjacent to an activating group) is 1. The highest BCUT2D eigenvalue weighted by Gasteiger charge is 2.29. The van der Waals surface area contributed by atoms with Gasteiger partial charge in [-0.2, -0.15) is 0 Å². The fourth-order valence-electron chi connectivity index (χ4n) is 2.30. The largest absolute Gasteiger partial charge is 0.324 e. The zero-order valence-electron chi connectivity index (χ0n) is 11.6. The fourth-order valence-corrected chi connectivity index (χ4v) is 3.18. The molecule has 7 heteroatoms. The van der Waals surface area contributed by atoms with Crippen molar-refractivity contribution in [3.63, 3.8) is 0 Å². The Kier molecular flexibility index (Phi) is 3.52. The summed E-state index contributed by atoms with van der Waals surface area (Å²) in [6.45, 7) is 1.78. The lowest BCUT2D eigenvalue weighted by molar-refractivity contribution is -0.117. The second-order valence-corrected chi connectivity index (χ2v) is 5.82. The smallest absolute Gasteiger partial charge is 0.251 e. The number of fused-ring (bicyclic) bond motifs is 1. The van der Waals surface area contributed by atoms with Crippen molar-refractivity contribution >= 4 is 23.4 Å². The maximum atomic E-state index is 11.8. The van der Waals surface area contributed by atoms with Crippen LogP contribution in [-0.4, -0.2) is 22.9 Å². The van der Waals surface area contributed by atoms with Crippen molar-refractivity contribution in [2.24, 2.45) is 0 Å². The van der Waals surface area contributed by atoms with Gasteiger partial charge < -0.3 is 15.6 Å². The van der Waals surface area contributed by atoms with Gasteiger partial charge in [-0.3, -0.25) is 9.59 Å². The molecule has 0 radical (unpaired) electrons. The molecule has 1 atom stereocenters. The normalized spacial score (nSPS) is 16.7. The molecule has 1 aliphatic rings. The molecule has 108 valence electrons. The third kappa shape index (κ3) is 2.70. The van der Waals surface area contributed by atoms with Gasteiger partial charge in [-0.05, 0) is 26.1 Å². The van der Waals surface area contributed by atoms with Crippen LogP contribution in [0.15, 0.2) is 39.1 Å². The number of aromatic amines is 1. The molecule has 0 bridgehead atoms. The van der Waals surface area contributed by atoms with E-state index >= 15 is 0 Å². The highest BCUT2D eigenvalue weighted by Crippen LogP contribution is 2.35. The minimum absolute atomic E-state index is 0.0586. The Morgan fingerprint density at radius 3 is 2.81 bits per heavy atom. The van der Waals surface area contributed by atoms with Crippen molar-refractivity contribution in [3.05, 3.63) is 45.9 Å². The van der Waals surface area contributed by atoms with Crippen LogP contribution >= 0.6 is 11.8 Å². The molecule has 0 spiro atoms. The number of hydrogen-bond acceptors (Lipinski definition) is 5. The average Bonchev–Trinajstić information content (AvgIpc) is 2.71. The molecule has 2 heterocycles. The first-order chi connectivity index (χ1) is 10.1. The standard InChI is InChI=1S/C14H14N4O2S/c1-7-5-11(19)18-14(16-7)21-8-3-4-9-10(6-8)17-13(20)12(9)15-2/h3-6,12,15H,1-2H3,(H,17,20)(H,16,18,19). The van der Waals surface area contributed by atoms with Crippen LogP contribution in [0.1, 0.15) is 17.3 Å². The number of carbonyl (C=O) groups excluding carboxylic acids is 1. The number of nitrogens with zero attached hydrogens (tertiary/aromatic N) is 1. The first-order valence-corrected chi connectivity index (χ1v) is 7.26. The van der Waals surface area contributed by atoms with Gasteiger partial charge in [-0.25, -0.2) is 4.98 Å². The number of carbonyl (C=O) groups is 1. The Hall–Kier alpha value is -2.12. The van der Waals surface area contributed by atoms with Crippen molar-refractivity contribution in [1.29, 1.82) is 0 Å². The molecular formula is C14H14N4O2S. The number of aromatic nitrogens is 2. The fraction of sp³-hybridized carbons (Fsp3) is 0.214. The summed E-state index contributed by atoms with van der Waals surface area (Å²) in [5.41, 5.74) is 2.22. The van der Waals surface area contributed by atoms with Crippen LogP contribution in [0.3, 0.4) is 0 Å². The van der Waals surface area contributed by atoms with E-state index in [0.29, 0.717) is 10.9 Å². The number of amides is 1. The van der Waals surface area contributed by atoms with Crippen LogP contribution < -0.4 is 16.2 Å². The number of rotatable bonds is 3. The van der Waals surface area contributed by atoms with Gasteiger partial charge in [0.2, 0.25) is 5.91 Å². The van der Waals surface area contributed by atoms with Gasteiger partial charge in [0.1, 0.15) is 6.04 Å². The van der Waals surface area contributed by atoms with Gasteiger partial charge in [0, 0.05) is 27.9 Å². The summed E-state index contributed by atoms with van der Waals surface area (Å²) in [7, 11) is 1.75. The molecule has 3 rings (SSSR count). The van der Waals surface area contributed by atoms with Gasteiger partial charge in [-0.15, -0.1) is 0 Å². The molecule has 2 aromatic rings. The lowest BCUT2D eigenvalue weighted by Gasteiger charge is -2.07. The average molecular weight is 302 g/mol. The lowest BCUT2D eigenvalue weighted by atomic mass is 10.1. The summed E-state index contributed by atoms with van der Waals surface area (Å²) >= 11 is 1.35. The summed E-state index contributed by atoms with van der Waals surface area (Å²) in [6.07, 6.45) is 0. The maximum absolute atomic E-state index is 11.8. The third-order valence-corrected chi connectivity index (χ3v) is 4.08. The van der Waals surface area contributed by atoms with E-state index in [1.807, 2.05) is 18.2 Å². The highest BCUT2D eigenvalue weighted by molar-refractivity contribution is 7.99. The van der Waals surface area contributed by atoms with Crippen molar-refractivity contribution < 1.29 is 4.79 Å². The Balaban J connectivity index is 1.90. The third-order valence-electron chi connectivity index (χ3n) is 3.21. The Bertz CT molecular complexity index is 772. The molecule has 0 saturated carbocycles. The van der Waals surface area contributed by atoms with Crippen molar-refractivity contribution in [2.45, 2.75) is 23.0 Å². The number of hydrogen-bond donors (Lipinski definition) is 3. The first-order valence-electron chi connectivity index (χ1n) is 6.45. The molecule has 6 nitrogen and oxygen atoms in total. The van der Waals surface area contributed by atoms with Gasteiger partial charge in [0.25, 0.3) is 5.56 Å². The molecule has 0 fully saturated rings. The molecule has 1 amide bonds. The molecule has 1 aliphatic heterocycles. The molecule has 0 saturated heterocycles. The van der Waals surface area contributed by atoms with Crippen molar-refractivity contribution in [3.8, 4) is 0 Å². The predicted molar refractivity (Wildman–Crippen MR) is 80.6 cm³/mol. The number of nitrogens with one attached hydrogen (secondary N) is 3. The van der Waals surface area contributed by atoms with E-state index in [-0.39, 0.29) is 17.5 Å². The molecule has 0 aliphatic carbocycles. The van der Waals surface area contributed by atoms with Crippen LogP contribution in [0.4, 0.5) is 5.69 Å². The SMILES string of the molecule is CNC1C(=O)Nc2cc(Sc3nc(C)cc(=O)[nH]3)ccc21. The monoisotopic (exact) mass is 302 g/mol. The first kappa shape index (κ1) is 13.8. The minimum Gasteiger partial charge on any atom is -0.324 e. The van der Waals surface area contributed by atoms with Crippen LogP contribution in [0.2, 0.25) is 0 Å². The quantitative estimate of drug-likeness (QED) is 0.747. The molecule has 1 unspecified atom stereocenters. The predicted octanol–water partition coefficient (Wildman–Crippen LogP) is 1.44. The van der Waals surface area contributed by atoms with Crippen LogP contribution in [0, 0.1) is 6.92 Å². The second kappa shape index (κ2) is 5.34. The summed E-state index contributed by atoms with van der Waals surface area (Å²) in [5, 5.41) is 6.35. The van der Waals surface area contributed by atoms with Gasteiger partial charge >= 0.3 is 0 Å². The Labute approximate surface area is 125 Å². The molecular weight excluding hydrogens is 288 g/mol. The van der Waals surface area contributed by atoms with Gasteiger partial charge in [-0.1, -0.05) is 17.8 Å². The van der Waals surface area contributed by atoms with Crippen molar-refractivity contribution in [2.75, 3.05) is 12.4 Å². The van der Waals surface area contributed by atoms with Gasteiger partial charge in [0.15, 0.2) is 5.16 Å². The summed E-state index contributed by atoms with van der Waals surface area (Å²) < 4.78 is 0. The molecule has 1 aromatic heterocycles. The Morgan fingerprint density at radius 1 is 1.29 bits per heavy atom. The zero-order chi connectivity index (χ0) is 15.0. The van der Waals surface area contributed by atoms with E-state index in [9.17, 15) is 9.59 Å². The minimum atomic E-state index is -0.309. The van der Waals surface area contributed by atoms with E-state index in [1.54, 1.807) is 14.0 Å². The number of H-pyrrole nitrogens is 1. The van der Waals surface area contributed by atoms with Gasteiger partial charge in [0.05, 0.1) is 0 Å². The van der Waals surface area contributed by atoms with E-state index in [1.165, 1.54) is 17.8 Å². The van der Waals surface area contributed by atoms with E-state index in [4.69, 9.17) is 0 Å². The lowest BCUT2D eigenvalue weighted by Crippen LogP contribution is -2.23. The summed E-state index contributed by atoms with van der Waals surface area (Å²) in [6, 6.07) is 6.85. The molecule has 1 aromatic carbocycles. The summed E-state index contributed by atoms with van der Waals surface area (Å²) in [4.78, 5) is 31.1. The topological polar surface area (TPSA) is 86.9 Å². The number of benzene rings is 1.